The van der Waals surface area contributed by atoms with Gasteiger partial charge in [0, 0.05) is 17.5 Å². The minimum absolute atomic E-state index is 0.441. The molecule has 15 heavy (non-hydrogen) atoms. The van der Waals surface area contributed by atoms with E-state index >= 15 is 0 Å². The number of anilines is 1. The van der Waals surface area contributed by atoms with Crippen LogP contribution in [0.4, 0.5) is 5.95 Å². The van der Waals surface area contributed by atoms with Gasteiger partial charge in [-0.05, 0) is 32.7 Å². The summed E-state index contributed by atoms with van der Waals surface area (Å²) in [6.45, 7) is 0. The van der Waals surface area contributed by atoms with Gasteiger partial charge in [-0.15, -0.1) is 0 Å². The largest absolute Gasteiger partial charge is 0.368 e. The second-order valence-electron chi connectivity index (χ2n) is 4.48. The van der Waals surface area contributed by atoms with E-state index in [9.17, 15) is 0 Å². The van der Waals surface area contributed by atoms with Crippen LogP contribution in [0.3, 0.4) is 0 Å². The van der Waals surface area contributed by atoms with Crippen LogP contribution in [0.25, 0.3) is 0 Å². The maximum Gasteiger partial charge on any atom is 0.220 e. The summed E-state index contributed by atoms with van der Waals surface area (Å²) in [6.07, 6.45) is 4.69. The highest BCUT2D eigenvalue weighted by Gasteiger charge is 2.34. The predicted octanol–water partition coefficient (Wildman–Crippen LogP) is 1.14. The zero-order chi connectivity index (χ0) is 10.4. The number of hydrogen-bond donors (Lipinski definition) is 2. The predicted molar refractivity (Wildman–Crippen MR) is 58.5 cm³/mol. The zero-order valence-electron chi connectivity index (χ0n) is 8.95. The third kappa shape index (κ3) is 1.40. The molecular formula is C11H16N4. The number of rotatable bonds is 2. The van der Waals surface area contributed by atoms with Crippen molar-refractivity contribution in [2.24, 2.45) is 0 Å². The summed E-state index contributed by atoms with van der Waals surface area (Å²) in [7, 11) is 2.01. The number of aromatic nitrogens is 2. The number of nitrogens with one attached hydrogen (secondary N) is 1. The smallest absolute Gasteiger partial charge is 0.220 e. The van der Waals surface area contributed by atoms with Gasteiger partial charge in [0.05, 0.1) is 11.4 Å². The van der Waals surface area contributed by atoms with Crippen LogP contribution in [-0.4, -0.2) is 17.0 Å². The molecular weight excluding hydrogens is 188 g/mol. The lowest BCUT2D eigenvalue weighted by molar-refractivity contribution is 0.584. The SMILES string of the molecule is CNC1CCc2nc(N)nc(C3CC3)c21. The first-order valence-corrected chi connectivity index (χ1v) is 5.63. The molecule has 1 saturated carbocycles. The molecule has 1 heterocycles. The Morgan fingerprint density at radius 1 is 1.27 bits per heavy atom. The first kappa shape index (κ1) is 9.09. The normalized spacial score (nSPS) is 24.2. The van der Waals surface area contributed by atoms with Gasteiger partial charge >= 0.3 is 0 Å². The molecule has 4 nitrogen and oxygen atoms in total. The van der Waals surface area contributed by atoms with Gasteiger partial charge in [0.2, 0.25) is 5.95 Å². The first-order valence-electron chi connectivity index (χ1n) is 5.63. The van der Waals surface area contributed by atoms with Crippen LogP contribution in [0.1, 0.15) is 48.2 Å². The Balaban J connectivity index is 2.12. The summed E-state index contributed by atoms with van der Waals surface area (Å²) in [5.41, 5.74) is 9.47. The van der Waals surface area contributed by atoms with Crippen molar-refractivity contribution in [2.75, 3.05) is 12.8 Å². The van der Waals surface area contributed by atoms with Crippen LogP contribution < -0.4 is 11.1 Å². The van der Waals surface area contributed by atoms with Crippen LogP contribution in [0.2, 0.25) is 0 Å². The van der Waals surface area contributed by atoms with Crippen molar-refractivity contribution in [2.45, 2.75) is 37.6 Å². The molecule has 0 aliphatic heterocycles. The van der Waals surface area contributed by atoms with E-state index in [4.69, 9.17) is 5.73 Å². The highest BCUT2D eigenvalue weighted by molar-refractivity contribution is 5.40. The quantitative estimate of drug-likeness (QED) is 0.758. The Morgan fingerprint density at radius 2 is 2.07 bits per heavy atom. The molecule has 0 spiro atoms. The van der Waals surface area contributed by atoms with Crippen molar-refractivity contribution in [3.8, 4) is 0 Å². The average molecular weight is 204 g/mol. The summed E-state index contributed by atoms with van der Waals surface area (Å²) < 4.78 is 0. The standard InChI is InChI=1S/C11H16N4/c1-13-7-4-5-8-9(7)10(6-2-3-6)15-11(12)14-8/h6-7,13H,2-5H2,1H3,(H2,12,14,15). The number of nitrogen functional groups attached to an aromatic ring is 1. The minimum Gasteiger partial charge on any atom is -0.368 e. The average Bonchev–Trinajstić information content (AvgIpc) is 2.98. The molecule has 1 atom stereocenters. The van der Waals surface area contributed by atoms with Gasteiger partial charge in [-0.2, -0.15) is 0 Å². The van der Waals surface area contributed by atoms with E-state index in [0.717, 1.165) is 12.8 Å². The van der Waals surface area contributed by atoms with Crippen molar-refractivity contribution in [1.29, 1.82) is 0 Å². The fraction of sp³-hybridized carbons (Fsp3) is 0.636. The van der Waals surface area contributed by atoms with Crippen LogP contribution in [0.5, 0.6) is 0 Å². The lowest BCUT2D eigenvalue weighted by atomic mass is 10.1. The number of nitrogens with two attached hydrogens (primary N) is 1. The minimum atomic E-state index is 0.441. The highest BCUT2D eigenvalue weighted by atomic mass is 15.0. The van der Waals surface area contributed by atoms with Gasteiger partial charge in [-0.3, -0.25) is 0 Å². The van der Waals surface area contributed by atoms with E-state index in [1.807, 2.05) is 7.05 Å². The second-order valence-corrected chi connectivity index (χ2v) is 4.48. The van der Waals surface area contributed by atoms with E-state index < -0.39 is 0 Å². The molecule has 2 aliphatic rings. The topological polar surface area (TPSA) is 63.8 Å². The van der Waals surface area contributed by atoms with Crippen molar-refractivity contribution < 1.29 is 0 Å². The lowest BCUT2D eigenvalue weighted by Gasteiger charge is -2.13. The van der Waals surface area contributed by atoms with E-state index in [-0.39, 0.29) is 0 Å². The van der Waals surface area contributed by atoms with Gasteiger partial charge < -0.3 is 11.1 Å². The summed E-state index contributed by atoms with van der Waals surface area (Å²) in [5.74, 6) is 1.10. The Hall–Kier alpha value is -1.16. The van der Waals surface area contributed by atoms with Gasteiger partial charge in [0.25, 0.3) is 0 Å². The van der Waals surface area contributed by atoms with Crippen LogP contribution in [0, 0.1) is 0 Å². The van der Waals surface area contributed by atoms with E-state index in [2.05, 4.69) is 15.3 Å². The molecule has 1 aromatic rings. The lowest BCUT2D eigenvalue weighted by Crippen LogP contribution is -2.16. The number of aryl methyl sites for hydroxylation is 1. The molecule has 0 amide bonds. The van der Waals surface area contributed by atoms with Gasteiger partial charge in [-0.1, -0.05) is 0 Å². The van der Waals surface area contributed by atoms with Gasteiger partial charge in [-0.25, -0.2) is 9.97 Å². The molecule has 4 heteroatoms. The fourth-order valence-corrected chi connectivity index (χ4v) is 2.51. The Labute approximate surface area is 89.3 Å². The van der Waals surface area contributed by atoms with E-state index in [1.165, 1.54) is 29.8 Å². The Kier molecular flexibility index (Phi) is 1.92. The maximum atomic E-state index is 5.74. The number of fused-ring (bicyclic) bond motifs is 1. The van der Waals surface area contributed by atoms with E-state index in [0.29, 0.717) is 17.9 Å². The summed E-state index contributed by atoms with van der Waals surface area (Å²) >= 11 is 0. The molecule has 0 bridgehead atoms. The molecule has 3 rings (SSSR count). The molecule has 0 radical (unpaired) electrons. The van der Waals surface area contributed by atoms with Crippen LogP contribution in [0.15, 0.2) is 0 Å². The Bertz CT molecular complexity index is 398. The van der Waals surface area contributed by atoms with Crippen LogP contribution >= 0.6 is 0 Å². The third-order valence-electron chi connectivity index (χ3n) is 3.40. The van der Waals surface area contributed by atoms with Gasteiger partial charge in [0.15, 0.2) is 0 Å². The Morgan fingerprint density at radius 3 is 2.73 bits per heavy atom. The molecule has 1 unspecified atom stereocenters. The van der Waals surface area contributed by atoms with Crippen molar-refractivity contribution in [3.05, 3.63) is 17.0 Å². The summed E-state index contributed by atoms with van der Waals surface area (Å²) in [6, 6.07) is 0.441. The molecule has 2 aliphatic carbocycles. The summed E-state index contributed by atoms with van der Waals surface area (Å²) in [5, 5.41) is 3.34. The number of hydrogen-bond acceptors (Lipinski definition) is 4. The first-order chi connectivity index (χ1) is 7.29. The fourth-order valence-electron chi connectivity index (χ4n) is 2.51. The molecule has 1 aromatic heterocycles. The maximum absolute atomic E-state index is 5.74. The van der Waals surface area contributed by atoms with Crippen LogP contribution in [-0.2, 0) is 6.42 Å². The molecule has 80 valence electrons. The molecule has 3 N–H and O–H groups in total. The molecule has 0 saturated heterocycles. The van der Waals surface area contributed by atoms with Crippen molar-refractivity contribution in [3.63, 3.8) is 0 Å². The number of nitrogens with zero attached hydrogens (tertiary/aromatic N) is 2. The molecule has 0 aromatic carbocycles. The molecule has 1 fully saturated rings. The zero-order valence-corrected chi connectivity index (χ0v) is 8.95. The summed E-state index contributed by atoms with van der Waals surface area (Å²) in [4.78, 5) is 8.78. The second kappa shape index (κ2) is 3.17. The third-order valence-corrected chi connectivity index (χ3v) is 3.40. The highest BCUT2D eigenvalue weighted by Crippen LogP contribution is 2.45. The van der Waals surface area contributed by atoms with E-state index in [1.54, 1.807) is 0 Å². The van der Waals surface area contributed by atoms with Gasteiger partial charge in [0.1, 0.15) is 0 Å². The monoisotopic (exact) mass is 204 g/mol. The van der Waals surface area contributed by atoms with Crippen molar-refractivity contribution >= 4 is 5.95 Å². The van der Waals surface area contributed by atoms with Crippen molar-refractivity contribution in [1.82, 2.24) is 15.3 Å².